The molecule has 1 aromatic heterocycles. The zero-order valence-corrected chi connectivity index (χ0v) is 20.4. The number of aliphatic carboxylic acids is 1. The number of carboxylic acids is 1. The zero-order valence-electron chi connectivity index (χ0n) is 20.4. The van der Waals surface area contributed by atoms with Crippen molar-refractivity contribution in [2.45, 2.75) is 59.1 Å². The van der Waals surface area contributed by atoms with Crippen LogP contribution >= 0.6 is 0 Å². The Hall–Kier alpha value is -3.43. The van der Waals surface area contributed by atoms with E-state index >= 15 is 0 Å². The quantitative estimate of drug-likeness (QED) is 0.464. The van der Waals surface area contributed by atoms with Gasteiger partial charge in [0.05, 0.1) is 13.0 Å². The molecule has 0 spiro atoms. The number of amides is 2. The summed E-state index contributed by atoms with van der Waals surface area (Å²) in [4.78, 5) is 30.7. The number of benzene rings is 1. The van der Waals surface area contributed by atoms with Crippen molar-refractivity contribution >= 4 is 23.4 Å². The van der Waals surface area contributed by atoms with E-state index < -0.39 is 35.8 Å². The molecule has 0 saturated heterocycles. The predicted octanol–water partition coefficient (Wildman–Crippen LogP) is 5.74. The van der Waals surface area contributed by atoms with Crippen LogP contribution in [-0.2, 0) is 4.79 Å². The monoisotopic (exact) mass is 491 g/mol. The van der Waals surface area contributed by atoms with E-state index in [0.717, 1.165) is 5.56 Å². The van der Waals surface area contributed by atoms with Crippen LogP contribution in [0.5, 0.6) is 11.8 Å². The van der Waals surface area contributed by atoms with Gasteiger partial charge in [0.25, 0.3) is 0 Å². The summed E-state index contributed by atoms with van der Waals surface area (Å²) >= 11 is 0. The van der Waals surface area contributed by atoms with Crippen molar-refractivity contribution in [2.75, 3.05) is 17.3 Å². The standard InChI is InChI=1S/C25H31F2N3O5/c1-14(2)17-8-6-7-9-19(17)30(16-12-25(4,13-16)15(3)22(31)32)24(33)28-18-10-11-20(34-5)29-21(18)35-23(26)27/h6-11,14-16,23H,12-13H2,1-5H3,(H,28,33)(H,31,32)/t15-,16?,25?/m1/s1. The topological polar surface area (TPSA) is 101 Å². The number of anilines is 2. The number of hydrogen-bond acceptors (Lipinski definition) is 5. The van der Waals surface area contributed by atoms with Gasteiger partial charge in [-0.1, -0.05) is 45.9 Å². The SMILES string of the molecule is COc1ccc(NC(=O)N(c2ccccc2C(C)C)C2CC(C)([C@H](C)C(=O)O)C2)c(OC(F)F)n1. The van der Waals surface area contributed by atoms with Gasteiger partial charge in [-0.2, -0.15) is 13.8 Å². The summed E-state index contributed by atoms with van der Waals surface area (Å²) in [6.45, 7) is 4.44. The Morgan fingerprint density at radius 3 is 2.40 bits per heavy atom. The number of ether oxygens (including phenoxy) is 2. The van der Waals surface area contributed by atoms with Crippen LogP contribution < -0.4 is 19.7 Å². The lowest BCUT2D eigenvalue weighted by atomic mass is 9.59. The molecule has 1 fully saturated rings. The maximum Gasteiger partial charge on any atom is 0.388 e. The number of carbonyl (C=O) groups is 2. The van der Waals surface area contributed by atoms with Gasteiger partial charge in [0.15, 0.2) is 0 Å². The van der Waals surface area contributed by atoms with Crippen LogP contribution in [0.4, 0.5) is 25.0 Å². The number of alkyl halides is 2. The highest BCUT2D eigenvalue weighted by Gasteiger charge is 2.50. The number of para-hydroxylation sites is 1. The molecule has 1 aliphatic carbocycles. The van der Waals surface area contributed by atoms with Gasteiger partial charge < -0.3 is 19.9 Å². The van der Waals surface area contributed by atoms with E-state index in [0.29, 0.717) is 18.5 Å². The van der Waals surface area contributed by atoms with E-state index in [1.165, 1.54) is 19.2 Å². The molecule has 1 heterocycles. The van der Waals surface area contributed by atoms with Gasteiger partial charge in [0.2, 0.25) is 11.8 Å². The first kappa shape index (κ1) is 26.2. The van der Waals surface area contributed by atoms with Gasteiger partial charge in [0, 0.05) is 17.8 Å². The van der Waals surface area contributed by atoms with Crippen molar-refractivity contribution in [1.29, 1.82) is 0 Å². The molecule has 2 N–H and O–H groups in total. The molecule has 0 aliphatic heterocycles. The van der Waals surface area contributed by atoms with Crippen LogP contribution in [0.25, 0.3) is 0 Å². The number of nitrogens with zero attached hydrogens (tertiary/aromatic N) is 2. The number of hydrogen-bond donors (Lipinski definition) is 2. The number of nitrogens with one attached hydrogen (secondary N) is 1. The van der Waals surface area contributed by atoms with Crippen LogP contribution in [0.3, 0.4) is 0 Å². The molecule has 8 nitrogen and oxygen atoms in total. The van der Waals surface area contributed by atoms with Crippen LogP contribution in [0, 0.1) is 11.3 Å². The summed E-state index contributed by atoms with van der Waals surface area (Å²) in [5, 5.41) is 12.2. The van der Waals surface area contributed by atoms with Crippen LogP contribution in [0.15, 0.2) is 36.4 Å². The van der Waals surface area contributed by atoms with Crippen LogP contribution in [0.1, 0.15) is 52.0 Å². The number of methoxy groups -OCH3 is 1. The third-order valence-corrected chi connectivity index (χ3v) is 6.71. The second-order valence-electron chi connectivity index (χ2n) is 9.37. The summed E-state index contributed by atoms with van der Waals surface area (Å²) in [7, 11) is 1.34. The summed E-state index contributed by atoms with van der Waals surface area (Å²) in [5.74, 6) is -1.78. The Kier molecular flexibility index (Phi) is 7.82. The Balaban J connectivity index is 1.97. The highest BCUT2D eigenvalue weighted by molar-refractivity contribution is 6.03. The molecule has 1 atom stereocenters. The largest absolute Gasteiger partial charge is 0.481 e. The van der Waals surface area contributed by atoms with E-state index in [-0.39, 0.29) is 23.5 Å². The average molecular weight is 492 g/mol. The summed E-state index contributed by atoms with van der Waals surface area (Å²) in [5.41, 5.74) is 1.09. The third-order valence-electron chi connectivity index (χ3n) is 6.71. The van der Waals surface area contributed by atoms with Crippen molar-refractivity contribution < 1.29 is 33.0 Å². The number of halogens is 2. The van der Waals surface area contributed by atoms with Gasteiger partial charge >= 0.3 is 18.6 Å². The maximum absolute atomic E-state index is 13.6. The number of carbonyl (C=O) groups excluding carboxylic acids is 1. The second-order valence-corrected chi connectivity index (χ2v) is 9.37. The van der Waals surface area contributed by atoms with Crippen molar-refractivity contribution in [3.63, 3.8) is 0 Å². The van der Waals surface area contributed by atoms with Gasteiger partial charge in [-0.05, 0) is 41.9 Å². The molecule has 1 saturated carbocycles. The number of pyridine rings is 1. The molecule has 2 amide bonds. The molecule has 1 aromatic carbocycles. The number of carboxylic acid groups (broad SMARTS) is 1. The molecule has 0 radical (unpaired) electrons. The second kappa shape index (κ2) is 10.5. The average Bonchev–Trinajstić information content (AvgIpc) is 2.78. The van der Waals surface area contributed by atoms with Gasteiger partial charge in [0.1, 0.15) is 5.69 Å². The fraction of sp³-hybridized carbons (Fsp3) is 0.480. The van der Waals surface area contributed by atoms with Gasteiger partial charge in [-0.3, -0.25) is 9.69 Å². The fourth-order valence-corrected chi connectivity index (χ4v) is 4.50. The zero-order chi connectivity index (χ0) is 25.9. The molecule has 1 aliphatic rings. The van der Waals surface area contributed by atoms with E-state index in [2.05, 4.69) is 15.0 Å². The van der Waals surface area contributed by atoms with Crippen LogP contribution in [-0.4, -0.2) is 41.9 Å². The molecular formula is C25H31F2N3O5. The number of urea groups is 1. The van der Waals surface area contributed by atoms with E-state index in [9.17, 15) is 23.5 Å². The first-order valence-electron chi connectivity index (χ1n) is 11.4. The van der Waals surface area contributed by atoms with Crippen molar-refractivity contribution in [2.24, 2.45) is 11.3 Å². The van der Waals surface area contributed by atoms with Gasteiger partial charge in [-0.15, -0.1) is 0 Å². The minimum absolute atomic E-state index is 0.0379. The first-order valence-corrected chi connectivity index (χ1v) is 11.4. The molecule has 0 bridgehead atoms. The van der Waals surface area contributed by atoms with Crippen molar-refractivity contribution in [1.82, 2.24) is 4.98 Å². The fourth-order valence-electron chi connectivity index (χ4n) is 4.50. The Labute approximate surface area is 203 Å². The lowest BCUT2D eigenvalue weighted by Gasteiger charge is -2.52. The number of rotatable bonds is 9. The first-order chi connectivity index (χ1) is 16.5. The van der Waals surface area contributed by atoms with Crippen LogP contribution in [0.2, 0.25) is 0 Å². The molecule has 3 rings (SSSR count). The van der Waals surface area contributed by atoms with Crippen molar-refractivity contribution in [3.05, 3.63) is 42.0 Å². The molecule has 35 heavy (non-hydrogen) atoms. The predicted molar refractivity (Wildman–Crippen MR) is 127 cm³/mol. The lowest BCUT2D eigenvalue weighted by Crippen LogP contribution is -2.56. The lowest BCUT2D eigenvalue weighted by molar-refractivity contribution is -0.148. The molecule has 0 unspecified atom stereocenters. The summed E-state index contributed by atoms with van der Waals surface area (Å²) in [6.07, 6.45) is 0.948. The minimum atomic E-state index is -3.15. The van der Waals surface area contributed by atoms with Gasteiger partial charge in [-0.25, -0.2) is 4.79 Å². The van der Waals surface area contributed by atoms with E-state index in [1.54, 1.807) is 11.8 Å². The molecule has 10 heteroatoms. The summed E-state index contributed by atoms with van der Waals surface area (Å²) in [6, 6.07) is 9.42. The third kappa shape index (κ3) is 5.63. The number of aromatic nitrogens is 1. The van der Waals surface area contributed by atoms with E-state index in [1.807, 2.05) is 45.0 Å². The smallest absolute Gasteiger partial charge is 0.388 e. The molecular weight excluding hydrogens is 460 g/mol. The Morgan fingerprint density at radius 2 is 1.83 bits per heavy atom. The van der Waals surface area contributed by atoms with E-state index in [4.69, 9.17) is 4.74 Å². The minimum Gasteiger partial charge on any atom is -0.481 e. The van der Waals surface area contributed by atoms with Crippen molar-refractivity contribution in [3.8, 4) is 11.8 Å². The Bertz CT molecular complexity index is 1070. The highest BCUT2D eigenvalue weighted by Crippen LogP contribution is 2.50. The Morgan fingerprint density at radius 1 is 1.17 bits per heavy atom. The maximum atomic E-state index is 13.6. The summed E-state index contributed by atoms with van der Waals surface area (Å²) < 4.78 is 35.4. The normalized spacial score (nSPS) is 20.2. The molecule has 190 valence electrons. The highest BCUT2D eigenvalue weighted by atomic mass is 19.3. The molecule has 2 aromatic rings.